The zero-order chi connectivity index (χ0) is 22.5. The minimum Gasteiger partial charge on any atom is -0.332 e. The highest BCUT2D eigenvalue weighted by molar-refractivity contribution is 6.42. The predicted molar refractivity (Wildman–Crippen MR) is 125 cm³/mol. The number of amides is 3. The summed E-state index contributed by atoms with van der Waals surface area (Å²) in [5.74, 6) is -0.0147. The minimum atomic E-state index is -0.107. The average Bonchev–Trinajstić information content (AvgIpc) is 3.36. The summed E-state index contributed by atoms with van der Waals surface area (Å²) in [7, 11) is 0. The molecule has 0 atom stereocenters. The second kappa shape index (κ2) is 10.5. The first kappa shape index (κ1) is 22.9. The number of carbonyl (C=O) groups is 2. The number of carbonyl (C=O) groups excluding carboxylic acids is 2. The van der Waals surface area contributed by atoms with Gasteiger partial charge in [-0.2, -0.15) is 0 Å². The van der Waals surface area contributed by atoms with Crippen LogP contribution < -0.4 is 0 Å². The van der Waals surface area contributed by atoms with Crippen LogP contribution in [-0.2, 0) is 17.9 Å². The van der Waals surface area contributed by atoms with Gasteiger partial charge in [-0.05, 0) is 55.5 Å². The molecule has 3 amide bonds. The maximum Gasteiger partial charge on any atom is 0.319 e. The van der Waals surface area contributed by atoms with E-state index in [0.717, 1.165) is 37.2 Å². The van der Waals surface area contributed by atoms with E-state index in [1.807, 2.05) is 39.0 Å². The van der Waals surface area contributed by atoms with Crippen LogP contribution >= 0.6 is 23.2 Å². The van der Waals surface area contributed by atoms with Crippen molar-refractivity contribution in [2.24, 2.45) is 5.92 Å². The first-order valence-electron chi connectivity index (χ1n) is 11.2. The highest BCUT2D eigenvalue weighted by Crippen LogP contribution is 2.26. The van der Waals surface area contributed by atoms with E-state index in [1.165, 1.54) is 0 Å². The fourth-order valence-corrected chi connectivity index (χ4v) is 4.76. The summed E-state index contributed by atoms with van der Waals surface area (Å²) in [6, 6.07) is 11.3. The van der Waals surface area contributed by atoms with Crippen molar-refractivity contribution >= 4 is 35.1 Å². The smallest absolute Gasteiger partial charge is 0.319 e. The van der Waals surface area contributed by atoms with Crippen LogP contribution in [0.1, 0.15) is 36.9 Å². The maximum absolute atomic E-state index is 13.5. The number of pyridine rings is 1. The van der Waals surface area contributed by atoms with Gasteiger partial charge < -0.3 is 14.7 Å². The number of aromatic nitrogens is 1. The van der Waals surface area contributed by atoms with Crippen LogP contribution in [0.25, 0.3) is 0 Å². The first-order chi connectivity index (χ1) is 15.5. The van der Waals surface area contributed by atoms with Crippen molar-refractivity contribution in [1.29, 1.82) is 0 Å². The Morgan fingerprint density at radius 1 is 0.938 bits per heavy atom. The molecule has 0 bridgehead atoms. The Labute approximate surface area is 199 Å². The fraction of sp³-hybridized carbons (Fsp3) is 0.458. The van der Waals surface area contributed by atoms with Crippen molar-refractivity contribution in [2.45, 2.75) is 38.8 Å². The van der Waals surface area contributed by atoms with E-state index in [1.54, 1.807) is 18.3 Å². The topological polar surface area (TPSA) is 56.8 Å². The summed E-state index contributed by atoms with van der Waals surface area (Å²) in [6.45, 7) is 3.79. The molecule has 2 aromatic rings. The Kier molecular flexibility index (Phi) is 7.53. The molecule has 8 heteroatoms. The quantitative estimate of drug-likeness (QED) is 0.622. The monoisotopic (exact) mass is 474 g/mol. The van der Waals surface area contributed by atoms with Crippen molar-refractivity contribution in [2.75, 3.05) is 26.2 Å². The standard InChI is InChI=1S/C24H28Cl2N4O2/c25-21-7-6-18(15-22(21)26)16-30(17-20-5-1-2-10-27-20)23(31)19-8-13-29(14-9-19)24(32)28-11-3-4-12-28/h1-2,5-7,10,15,19H,3-4,8-9,11-14,16-17H2. The Bertz CT molecular complexity index is 942. The Morgan fingerprint density at radius 3 is 2.31 bits per heavy atom. The number of piperidine rings is 1. The van der Waals surface area contributed by atoms with Gasteiger partial charge >= 0.3 is 6.03 Å². The molecule has 2 aliphatic heterocycles. The number of likely N-dealkylation sites (tertiary alicyclic amines) is 2. The molecule has 0 N–H and O–H groups in total. The van der Waals surface area contributed by atoms with Gasteiger partial charge in [0.1, 0.15) is 0 Å². The maximum atomic E-state index is 13.5. The van der Waals surface area contributed by atoms with E-state index in [-0.39, 0.29) is 17.9 Å². The molecule has 0 spiro atoms. The lowest BCUT2D eigenvalue weighted by Crippen LogP contribution is -2.48. The van der Waals surface area contributed by atoms with Crippen molar-refractivity contribution in [3.63, 3.8) is 0 Å². The predicted octanol–water partition coefficient (Wildman–Crippen LogP) is 4.85. The van der Waals surface area contributed by atoms with Crippen LogP contribution in [0, 0.1) is 5.92 Å². The number of benzene rings is 1. The minimum absolute atomic E-state index is 0.0926. The van der Waals surface area contributed by atoms with Crippen LogP contribution in [0.3, 0.4) is 0 Å². The molecule has 170 valence electrons. The largest absolute Gasteiger partial charge is 0.332 e. The molecule has 3 heterocycles. The van der Waals surface area contributed by atoms with Crippen LogP contribution in [-0.4, -0.2) is 57.8 Å². The second-order valence-electron chi connectivity index (χ2n) is 8.50. The highest BCUT2D eigenvalue weighted by Gasteiger charge is 2.32. The normalized spacial score (nSPS) is 16.9. The van der Waals surface area contributed by atoms with E-state index in [4.69, 9.17) is 23.2 Å². The fourth-order valence-electron chi connectivity index (χ4n) is 4.44. The van der Waals surface area contributed by atoms with E-state index < -0.39 is 0 Å². The third-order valence-electron chi connectivity index (χ3n) is 6.24. The Hall–Kier alpha value is -2.31. The van der Waals surface area contributed by atoms with Crippen LogP contribution in [0.5, 0.6) is 0 Å². The van der Waals surface area contributed by atoms with E-state index in [0.29, 0.717) is 49.1 Å². The molecule has 4 rings (SSSR count). The van der Waals surface area contributed by atoms with E-state index in [9.17, 15) is 9.59 Å². The molecule has 2 saturated heterocycles. The zero-order valence-electron chi connectivity index (χ0n) is 18.1. The molecular weight excluding hydrogens is 447 g/mol. The van der Waals surface area contributed by atoms with Gasteiger partial charge in [-0.1, -0.05) is 35.3 Å². The Morgan fingerprint density at radius 2 is 1.66 bits per heavy atom. The van der Waals surface area contributed by atoms with Gasteiger partial charge in [0.25, 0.3) is 0 Å². The third kappa shape index (κ3) is 5.54. The zero-order valence-corrected chi connectivity index (χ0v) is 19.6. The molecule has 0 unspecified atom stereocenters. The second-order valence-corrected chi connectivity index (χ2v) is 9.32. The van der Waals surface area contributed by atoms with Gasteiger partial charge in [-0.25, -0.2) is 4.79 Å². The van der Waals surface area contributed by atoms with Crippen LogP contribution in [0.2, 0.25) is 10.0 Å². The molecule has 1 aromatic carbocycles. The van der Waals surface area contributed by atoms with E-state index in [2.05, 4.69) is 4.98 Å². The van der Waals surface area contributed by atoms with Gasteiger partial charge in [0, 0.05) is 44.8 Å². The summed E-state index contributed by atoms with van der Waals surface area (Å²) in [5, 5.41) is 0.969. The molecular formula is C24H28Cl2N4O2. The van der Waals surface area contributed by atoms with Crippen LogP contribution in [0.4, 0.5) is 4.79 Å². The van der Waals surface area contributed by atoms with Gasteiger partial charge in [-0.3, -0.25) is 9.78 Å². The molecule has 32 heavy (non-hydrogen) atoms. The number of rotatable bonds is 5. The average molecular weight is 475 g/mol. The number of urea groups is 1. The van der Waals surface area contributed by atoms with Gasteiger partial charge in [0.2, 0.25) is 5.91 Å². The van der Waals surface area contributed by atoms with Gasteiger partial charge in [-0.15, -0.1) is 0 Å². The number of nitrogens with zero attached hydrogens (tertiary/aromatic N) is 4. The molecule has 2 aliphatic rings. The summed E-state index contributed by atoms with van der Waals surface area (Å²) in [6.07, 6.45) is 5.26. The van der Waals surface area contributed by atoms with Crippen molar-refractivity contribution in [3.05, 3.63) is 63.9 Å². The molecule has 2 fully saturated rings. The van der Waals surface area contributed by atoms with Crippen LogP contribution in [0.15, 0.2) is 42.6 Å². The lowest BCUT2D eigenvalue weighted by atomic mass is 9.95. The summed E-state index contributed by atoms with van der Waals surface area (Å²) >= 11 is 12.3. The summed E-state index contributed by atoms with van der Waals surface area (Å²) in [5.41, 5.74) is 1.76. The number of halogens is 2. The highest BCUT2D eigenvalue weighted by atomic mass is 35.5. The number of hydrogen-bond acceptors (Lipinski definition) is 3. The molecule has 1 aromatic heterocycles. The molecule has 0 radical (unpaired) electrons. The lowest BCUT2D eigenvalue weighted by Gasteiger charge is -2.36. The summed E-state index contributed by atoms with van der Waals surface area (Å²) < 4.78 is 0. The lowest BCUT2D eigenvalue weighted by molar-refractivity contribution is -0.138. The first-order valence-corrected chi connectivity index (χ1v) is 11.9. The Balaban J connectivity index is 1.43. The summed E-state index contributed by atoms with van der Waals surface area (Å²) in [4.78, 5) is 36.3. The van der Waals surface area contributed by atoms with Crippen molar-refractivity contribution in [3.8, 4) is 0 Å². The van der Waals surface area contributed by atoms with Gasteiger partial charge in [0.05, 0.1) is 22.3 Å². The molecule has 0 aliphatic carbocycles. The van der Waals surface area contributed by atoms with Crippen molar-refractivity contribution < 1.29 is 9.59 Å². The van der Waals surface area contributed by atoms with E-state index >= 15 is 0 Å². The SMILES string of the molecule is O=C(C1CCN(C(=O)N2CCCC2)CC1)N(Cc1ccc(Cl)c(Cl)c1)Cc1ccccn1. The number of hydrogen-bond donors (Lipinski definition) is 0. The van der Waals surface area contributed by atoms with Crippen molar-refractivity contribution in [1.82, 2.24) is 19.7 Å². The van der Waals surface area contributed by atoms with Gasteiger partial charge in [0.15, 0.2) is 0 Å². The third-order valence-corrected chi connectivity index (χ3v) is 6.98. The molecule has 0 saturated carbocycles. The molecule has 6 nitrogen and oxygen atoms in total.